The zero-order valence-corrected chi connectivity index (χ0v) is 14.2. The maximum Gasteiger partial charge on any atom is 0.114 e. The summed E-state index contributed by atoms with van der Waals surface area (Å²) in [6.45, 7) is 6.45. The molecule has 0 aliphatic rings. The molecule has 0 saturated heterocycles. The molecular formula is C15H16BrClOS. The van der Waals surface area contributed by atoms with Gasteiger partial charge in [-0.3, -0.25) is 0 Å². The van der Waals surface area contributed by atoms with Crippen LogP contribution in [0.1, 0.15) is 42.9 Å². The third kappa shape index (κ3) is 3.22. The zero-order chi connectivity index (χ0) is 14.2. The molecule has 4 heteroatoms. The Morgan fingerprint density at radius 1 is 1.26 bits per heavy atom. The van der Waals surface area contributed by atoms with Crippen molar-refractivity contribution in [2.45, 2.75) is 32.3 Å². The molecular weight excluding hydrogens is 344 g/mol. The van der Waals surface area contributed by atoms with Crippen LogP contribution in [0.4, 0.5) is 0 Å². The summed E-state index contributed by atoms with van der Waals surface area (Å²) in [6.07, 6.45) is -0.635. The molecule has 1 heterocycles. The van der Waals surface area contributed by atoms with Crippen molar-refractivity contribution in [2.75, 3.05) is 0 Å². The van der Waals surface area contributed by atoms with Gasteiger partial charge in [-0.1, -0.05) is 56.6 Å². The summed E-state index contributed by atoms with van der Waals surface area (Å²) in [6, 6.07) is 9.84. The van der Waals surface area contributed by atoms with Crippen LogP contribution in [-0.2, 0) is 5.41 Å². The fourth-order valence-corrected chi connectivity index (χ4v) is 3.82. The molecule has 0 spiro atoms. The molecule has 0 radical (unpaired) electrons. The minimum atomic E-state index is -0.635. The van der Waals surface area contributed by atoms with Gasteiger partial charge in [-0.25, -0.2) is 0 Å². The molecule has 1 aromatic heterocycles. The summed E-state index contributed by atoms with van der Waals surface area (Å²) < 4.78 is 0.858. The molecule has 0 aliphatic carbocycles. The largest absolute Gasteiger partial charge is 0.383 e. The summed E-state index contributed by atoms with van der Waals surface area (Å²) in [7, 11) is 0. The van der Waals surface area contributed by atoms with Crippen molar-refractivity contribution in [3.05, 3.63) is 55.1 Å². The van der Waals surface area contributed by atoms with Crippen LogP contribution in [-0.4, -0.2) is 5.11 Å². The predicted octanol–water partition coefficient (Wildman–Crippen LogP) is 5.54. The first-order valence-electron chi connectivity index (χ1n) is 6.03. The zero-order valence-electron chi connectivity index (χ0n) is 11.1. The molecule has 0 amide bonds. The Labute approximate surface area is 131 Å². The van der Waals surface area contributed by atoms with Crippen LogP contribution in [0, 0.1) is 0 Å². The molecule has 1 nitrogen and oxygen atoms in total. The number of hydrogen-bond donors (Lipinski definition) is 1. The number of aliphatic hydroxyl groups is 1. The standard InChI is InChI=1S/C15H16BrClOS/c1-15(2,3)10-7-5-4-6-9(10)13(18)12-8-11(17)14(16)19-12/h4-8,13,18H,1-3H3. The maximum atomic E-state index is 10.6. The van der Waals surface area contributed by atoms with Crippen molar-refractivity contribution in [2.24, 2.45) is 0 Å². The van der Waals surface area contributed by atoms with E-state index in [2.05, 4.69) is 42.8 Å². The molecule has 0 bridgehead atoms. The van der Waals surface area contributed by atoms with Gasteiger partial charge in [0.05, 0.1) is 8.81 Å². The fraction of sp³-hybridized carbons (Fsp3) is 0.333. The lowest BCUT2D eigenvalue weighted by atomic mass is 9.82. The normalized spacial score (nSPS) is 13.6. The van der Waals surface area contributed by atoms with E-state index in [1.807, 2.05) is 24.3 Å². The van der Waals surface area contributed by atoms with Gasteiger partial charge in [0.15, 0.2) is 0 Å². The molecule has 19 heavy (non-hydrogen) atoms. The van der Waals surface area contributed by atoms with Crippen LogP contribution in [0.2, 0.25) is 5.02 Å². The van der Waals surface area contributed by atoms with E-state index in [1.54, 1.807) is 0 Å². The Bertz CT molecular complexity index is 567. The Morgan fingerprint density at radius 2 is 1.89 bits per heavy atom. The second kappa shape index (κ2) is 5.57. The van der Waals surface area contributed by atoms with E-state index in [4.69, 9.17) is 11.6 Å². The van der Waals surface area contributed by atoms with E-state index in [-0.39, 0.29) is 5.41 Å². The van der Waals surface area contributed by atoms with Gasteiger partial charge in [-0.2, -0.15) is 0 Å². The number of thiophene rings is 1. The Balaban J connectivity index is 2.47. The van der Waals surface area contributed by atoms with Gasteiger partial charge in [0, 0.05) is 4.88 Å². The van der Waals surface area contributed by atoms with E-state index < -0.39 is 6.10 Å². The molecule has 0 saturated carbocycles. The van der Waals surface area contributed by atoms with E-state index in [0.29, 0.717) is 5.02 Å². The number of halogens is 2. The van der Waals surface area contributed by atoms with Crippen LogP contribution >= 0.6 is 38.9 Å². The van der Waals surface area contributed by atoms with E-state index in [9.17, 15) is 5.11 Å². The number of rotatable bonds is 2. The highest BCUT2D eigenvalue weighted by atomic mass is 79.9. The molecule has 0 aliphatic heterocycles. The lowest BCUT2D eigenvalue weighted by molar-refractivity contribution is 0.221. The van der Waals surface area contributed by atoms with Crippen molar-refractivity contribution in [1.82, 2.24) is 0 Å². The summed E-state index contributed by atoms with van der Waals surface area (Å²) >= 11 is 10.9. The second-order valence-electron chi connectivity index (χ2n) is 5.51. The summed E-state index contributed by atoms with van der Waals surface area (Å²) in [5.41, 5.74) is 2.10. The van der Waals surface area contributed by atoms with Crippen molar-refractivity contribution < 1.29 is 5.11 Å². The lowest BCUT2D eigenvalue weighted by Gasteiger charge is -2.24. The van der Waals surface area contributed by atoms with Crippen molar-refractivity contribution >= 4 is 38.9 Å². The SMILES string of the molecule is CC(C)(C)c1ccccc1C(O)c1cc(Cl)c(Br)s1. The molecule has 102 valence electrons. The second-order valence-corrected chi connectivity index (χ2v) is 8.32. The maximum absolute atomic E-state index is 10.6. The first-order chi connectivity index (χ1) is 8.80. The summed E-state index contributed by atoms with van der Waals surface area (Å²) in [4.78, 5) is 0.855. The average molecular weight is 360 g/mol. The fourth-order valence-electron chi connectivity index (χ4n) is 2.07. The van der Waals surface area contributed by atoms with Crippen LogP contribution in [0.15, 0.2) is 34.1 Å². The van der Waals surface area contributed by atoms with E-state index >= 15 is 0 Å². The van der Waals surface area contributed by atoms with E-state index in [0.717, 1.165) is 19.8 Å². The van der Waals surface area contributed by atoms with Crippen molar-refractivity contribution in [3.8, 4) is 0 Å². The minimum absolute atomic E-state index is 0.00411. The van der Waals surface area contributed by atoms with Gasteiger partial charge < -0.3 is 5.11 Å². The van der Waals surface area contributed by atoms with Gasteiger partial charge in [0.2, 0.25) is 0 Å². The van der Waals surface area contributed by atoms with Crippen LogP contribution in [0.25, 0.3) is 0 Å². The van der Waals surface area contributed by atoms with Gasteiger partial charge in [-0.05, 0) is 38.5 Å². The minimum Gasteiger partial charge on any atom is -0.383 e. The molecule has 1 N–H and O–H groups in total. The van der Waals surface area contributed by atoms with Crippen LogP contribution < -0.4 is 0 Å². The van der Waals surface area contributed by atoms with Crippen molar-refractivity contribution in [3.63, 3.8) is 0 Å². The Morgan fingerprint density at radius 3 is 2.42 bits per heavy atom. The van der Waals surface area contributed by atoms with E-state index in [1.165, 1.54) is 11.3 Å². The monoisotopic (exact) mass is 358 g/mol. The van der Waals surface area contributed by atoms with Gasteiger partial charge in [0.1, 0.15) is 6.10 Å². The first-order valence-corrected chi connectivity index (χ1v) is 8.01. The molecule has 1 atom stereocenters. The van der Waals surface area contributed by atoms with Crippen molar-refractivity contribution in [1.29, 1.82) is 0 Å². The number of benzene rings is 1. The number of aliphatic hydroxyl groups excluding tert-OH is 1. The topological polar surface area (TPSA) is 20.2 Å². The Hall–Kier alpha value is -0.350. The first kappa shape index (κ1) is 15.0. The average Bonchev–Trinajstić information content (AvgIpc) is 2.68. The van der Waals surface area contributed by atoms with Gasteiger partial charge in [0.25, 0.3) is 0 Å². The highest BCUT2D eigenvalue weighted by Gasteiger charge is 2.23. The van der Waals surface area contributed by atoms with Crippen LogP contribution in [0.3, 0.4) is 0 Å². The summed E-state index contributed by atoms with van der Waals surface area (Å²) in [5.74, 6) is 0. The highest BCUT2D eigenvalue weighted by Crippen LogP contribution is 2.39. The molecule has 2 rings (SSSR count). The number of hydrogen-bond acceptors (Lipinski definition) is 2. The quantitative estimate of drug-likeness (QED) is 0.746. The molecule has 1 unspecified atom stereocenters. The molecule has 0 fully saturated rings. The third-order valence-electron chi connectivity index (χ3n) is 3.00. The third-order valence-corrected chi connectivity index (χ3v) is 5.52. The Kier molecular flexibility index (Phi) is 4.41. The highest BCUT2D eigenvalue weighted by molar-refractivity contribution is 9.11. The van der Waals surface area contributed by atoms with Crippen LogP contribution in [0.5, 0.6) is 0 Å². The molecule has 1 aromatic carbocycles. The lowest BCUT2D eigenvalue weighted by Crippen LogP contribution is -2.16. The van der Waals surface area contributed by atoms with Gasteiger partial charge in [-0.15, -0.1) is 11.3 Å². The predicted molar refractivity (Wildman–Crippen MR) is 86.2 cm³/mol. The van der Waals surface area contributed by atoms with Gasteiger partial charge >= 0.3 is 0 Å². The summed E-state index contributed by atoms with van der Waals surface area (Å²) in [5, 5.41) is 11.3. The molecule has 2 aromatic rings. The smallest absolute Gasteiger partial charge is 0.114 e.